The van der Waals surface area contributed by atoms with Crippen molar-refractivity contribution < 1.29 is 5.11 Å². The molecule has 1 atom stereocenters. The van der Waals surface area contributed by atoms with Crippen LogP contribution in [0.5, 0.6) is 0 Å². The standard InChI is InChI=1S/C7H16N2O/c1-9-3-2-8-4-7(5-9)6-10/h7-8,10H,2-6H2,1H3/t7-/m0/s1. The number of hydrogen-bond donors (Lipinski definition) is 2. The molecule has 0 aromatic carbocycles. The molecule has 0 unspecified atom stereocenters. The van der Waals surface area contributed by atoms with Gasteiger partial charge in [-0.3, -0.25) is 0 Å². The number of likely N-dealkylation sites (N-methyl/N-ethyl adjacent to an activating group) is 1. The summed E-state index contributed by atoms with van der Waals surface area (Å²) in [5.41, 5.74) is 0. The van der Waals surface area contributed by atoms with Gasteiger partial charge in [-0.15, -0.1) is 0 Å². The second-order valence-electron chi connectivity index (χ2n) is 3.01. The van der Waals surface area contributed by atoms with E-state index in [0.29, 0.717) is 12.5 Å². The highest BCUT2D eigenvalue weighted by Gasteiger charge is 2.13. The molecule has 1 heterocycles. The van der Waals surface area contributed by atoms with Crippen LogP contribution >= 0.6 is 0 Å². The lowest BCUT2D eigenvalue weighted by molar-refractivity contribution is 0.195. The summed E-state index contributed by atoms with van der Waals surface area (Å²) in [5.74, 6) is 0.424. The molecule has 3 heteroatoms. The van der Waals surface area contributed by atoms with Gasteiger partial charge < -0.3 is 15.3 Å². The van der Waals surface area contributed by atoms with Gasteiger partial charge in [0.2, 0.25) is 0 Å². The van der Waals surface area contributed by atoms with Crippen molar-refractivity contribution in [3.63, 3.8) is 0 Å². The molecule has 0 saturated carbocycles. The summed E-state index contributed by atoms with van der Waals surface area (Å²) in [4.78, 5) is 2.25. The van der Waals surface area contributed by atoms with Crippen LogP contribution in [-0.2, 0) is 0 Å². The fraction of sp³-hybridized carbons (Fsp3) is 1.00. The number of aliphatic hydroxyl groups is 1. The Balaban J connectivity index is 2.30. The van der Waals surface area contributed by atoms with Gasteiger partial charge in [0.05, 0.1) is 0 Å². The first-order valence-corrected chi connectivity index (χ1v) is 3.83. The third-order valence-corrected chi connectivity index (χ3v) is 1.93. The van der Waals surface area contributed by atoms with E-state index >= 15 is 0 Å². The highest BCUT2D eigenvalue weighted by molar-refractivity contribution is 4.70. The first kappa shape index (κ1) is 7.98. The summed E-state index contributed by atoms with van der Waals surface area (Å²) >= 11 is 0. The molecule has 0 aliphatic carbocycles. The average Bonchev–Trinajstić information content (AvgIpc) is 2.13. The Morgan fingerprint density at radius 1 is 1.70 bits per heavy atom. The lowest BCUT2D eigenvalue weighted by Gasteiger charge is -2.16. The van der Waals surface area contributed by atoms with Crippen molar-refractivity contribution in [2.24, 2.45) is 5.92 Å². The van der Waals surface area contributed by atoms with E-state index in [-0.39, 0.29) is 0 Å². The maximum absolute atomic E-state index is 8.87. The topological polar surface area (TPSA) is 35.5 Å². The number of rotatable bonds is 1. The molecule has 0 aromatic heterocycles. The van der Waals surface area contributed by atoms with E-state index in [4.69, 9.17) is 5.11 Å². The van der Waals surface area contributed by atoms with Crippen molar-refractivity contribution in [3.8, 4) is 0 Å². The van der Waals surface area contributed by atoms with Crippen LogP contribution in [0, 0.1) is 5.92 Å². The summed E-state index contributed by atoms with van der Waals surface area (Å²) in [6.07, 6.45) is 0. The Kier molecular flexibility index (Phi) is 3.12. The van der Waals surface area contributed by atoms with Crippen LogP contribution in [-0.4, -0.2) is 49.8 Å². The van der Waals surface area contributed by atoms with Gasteiger partial charge in [-0.1, -0.05) is 0 Å². The molecule has 1 rings (SSSR count). The minimum absolute atomic E-state index is 0.303. The van der Waals surface area contributed by atoms with Crippen molar-refractivity contribution in [2.75, 3.05) is 39.8 Å². The maximum atomic E-state index is 8.87. The Labute approximate surface area is 62.0 Å². The van der Waals surface area contributed by atoms with E-state index in [1.54, 1.807) is 0 Å². The quantitative estimate of drug-likeness (QED) is 0.502. The largest absolute Gasteiger partial charge is 0.396 e. The van der Waals surface area contributed by atoms with Gasteiger partial charge in [-0.05, 0) is 7.05 Å². The predicted octanol–water partition coefficient (Wildman–Crippen LogP) is -0.870. The molecule has 60 valence electrons. The van der Waals surface area contributed by atoms with Crippen LogP contribution in [0.3, 0.4) is 0 Å². The highest BCUT2D eigenvalue weighted by atomic mass is 16.3. The molecule has 1 aliphatic rings. The zero-order chi connectivity index (χ0) is 7.40. The van der Waals surface area contributed by atoms with E-state index < -0.39 is 0 Å². The first-order valence-electron chi connectivity index (χ1n) is 3.83. The summed E-state index contributed by atoms with van der Waals surface area (Å²) in [6.45, 7) is 4.42. The van der Waals surface area contributed by atoms with E-state index in [1.807, 2.05) is 0 Å². The number of nitrogens with one attached hydrogen (secondary N) is 1. The summed E-state index contributed by atoms with van der Waals surface area (Å²) in [6, 6.07) is 0. The van der Waals surface area contributed by atoms with Crippen molar-refractivity contribution >= 4 is 0 Å². The zero-order valence-corrected chi connectivity index (χ0v) is 6.51. The van der Waals surface area contributed by atoms with E-state index in [1.165, 1.54) is 0 Å². The Morgan fingerprint density at radius 2 is 2.50 bits per heavy atom. The summed E-state index contributed by atoms with van der Waals surface area (Å²) in [5, 5.41) is 12.1. The van der Waals surface area contributed by atoms with Crippen LogP contribution in [0.25, 0.3) is 0 Å². The van der Waals surface area contributed by atoms with Crippen molar-refractivity contribution in [1.29, 1.82) is 0 Å². The Hall–Kier alpha value is -0.120. The van der Waals surface area contributed by atoms with Gasteiger partial charge in [0.15, 0.2) is 0 Å². The Bertz CT molecular complexity index is 97.6. The van der Waals surface area contributed by atoms with Gasteiger partial charge in [0.1, 0.15) is 0 Å². The fourth-order valence-corrected chi connectivity index (χ4v) is 1.29. The molecule has 0 amide bonds. The van der Waals surface area contributed by atoms with Crippen LogP contribution in [0.2, 0.25) is 0 Å². The fourth-order valence-electron chi connectivity index (χ4n) is 1.29. The molecule has 0 radical (unpaired) electrons. The van der Waals surface area contributed by atoms with Crippen LogP contribution in [0.15, 0.2) is 0 Å². The Morgan fingerprint density at radius 3 is 3.20 bits per heavy atom. The number of aliphatic hydroxyl groups excluding tert-OH is 1. The highest BCUT2D eigenvalue weighted by Crippen LogP contribution is 1.99. The second-order valence-corrected chi connectivity index (χ2v) is 3.01. The minimum atomic E-state index is 0.303. The first-order chi connectivity index (χ1) is 4.83. The number of hydrogen-bond acceptors (Lipinski definition) is 3. The normalized spacial score (nSPS) is 30.0. The maximum Gasteiger partial charge on any atom is 0.0483 e. The molecule has 0 spiro atoms. The minimum Gasteiger partial charge on any atom is -0.396 e. The lowest BCUT2D eigenvalue weighted by Crippen LogP contribution is -2.27. The monoisotopic (exact) mass is 144 g/mol. The second kappa shape index (κ2) is 3.91. The van der Waals surface area contributed by atoms with Crippen LogP contribution < -0.4 is 5.32 Å². The molecule has 10 heavy (non-hydrogen) atoms. The van der Waals surface area contributed by atoms with E-state index in [0.717, 1.165) is 26.2 Å². The molecular formula is C7H16N2O. The third kappa shape index (κ3) is 2.25. The SMILES string of the molecule is CN1CCNC[C@H](CO)C1. The molecule has 3 nitrogen and oxygen atoms in total. The third-order valence-electron chi connectivity index (χ3n) is 1.93. The van der Waals surface area contributed by atoms with Crippen molar-refractivity contribution in [3.05, 3.63) is 0 Å². The average molecular weight is 144 g/mol. The molecule has 0 aromatic rings. The van der Waals surface area contributed by atoms with Gasteiger partial charge in [0.25, 0.3) is 0 Å². The lowest BCUT2D eigenvalue weighted by atomic mass is 10.1. The van der Waals surface area contributed by atoms with Gasteiger partial charge in [-0.2, -0.15) is 0 Å². The van der Waals surface area contributed by atoms with Crippen LogP contribution in [0.1, 0.15) is 0 Å². The number of nitrogens with zero attached hydrogens (tertiary/aromatic N) is 1. The molecule has 1 saturated heterocycles. The predicted molar refractivity (Wildman–Crippen MR) is 40.9 cm³/mol. The van der Waals surface area contributed by atoms with Crippen molar-refractivity contribution in [2.45, 2.75) is 0 Å². The van der Waals surface area contributed by atoms with Gasteiger partial charge >= 0.3 is 0 Å². The van der Waals surface area contributed by atoms with Crippen molar-refractivity contribution in [1.82, 2.24) is 10.2 Å². The van der Waals surface area contributed by atoms with Gasteiger partial charge in [-0.25, -0.2) is 0 Å². The van der Waals surface area contributed by atoms with Gasteiger partial charge in [0, 0.05) is 38.7 Å². The molecule has 1 aliphatic heterocycles. The molecule has 0 bridgehead atoms. The zero-order valence-electron chi connectivity index (χ0n) is 6.51. The summed E-state index contributed by atoms with van der Waals surface area (Å²) in [7, 11) is 2.09. The van der Waals surface area contributed by atoms with E-state index in [9.17, 15) is 0 Å². The smallest absolute Gasteiger partial charge is 0.0483 e. The molecule has 2 N–H and O–H groups in total. The van der Waals surface area contributed by atoms with E-state index in [2.05, 4.69) is 17.3 Å². The van der Waals surface area contributed by atoms with Crippen LogP contribution in [0.4, 0.5) is 0 Å². The molecule has 1 fully saturated rings. The molecular weight excluding hydrogens is 128 g/mol. The summed E-state index contributed by atoms with van der Waals surface area (Å²) < 4.78 is 0.